The van der Waals surface area contributed by atoms with Gasteiger partial charge in [0.15, 0.2) is 0 Å². The average molecular weight is 342 g/mol. The van der Waals surface area contributed by atoms with E-state index in [0.717, 1.165) is 51.1 Å². The van der Waals surface area contributed by atoms with Gasteiger partial charge in [0.1, 0.15) is 5.76 Å². The third-order valence-corrected chi connectivity index (χ3v) is 5.18. The van der Waals surface area contributed by atoms with Crippen LogP contribution in [-0.4, -0.2) is 35.7 Å². The van der Waals surface area contributed by atoms with Gasteiger partial charge in [-0.3, -0.25) is 4.90 Å². The Bertz CT molecular complexity index is 619. The van der Waals surface area contributed by atoms with Gasteiger partial charge in [0.25, 0.3) is 0 Å². The molecule has 25 heavy (non-hydrogen) atoms. The third-order valence-electron chi connectivity index (χ3n) is 5.18. The van der Waals surface area contributed by atoms with Crippen molar-refractivity contribution in [3.05, 3.63) is 54.0 Å². The standard InChI is InChI=1S/C21H30N2O2/c1-17(8-9-20-6-4-14-25-20)22-21-7-3-2-5-19(21)15-23-12-10-18(16-24)11-13-23/h2-7,14,17-18,22,24H,8-13,15-16H2,1H3. The number of aliphatic hydroxyl groups is 1. The molecular weight excluding hydrogens is 312 g/mol. The fourth-order valence-corrected chi connectivity index (χ4v) is 3.52. The number of aliphatic hydroxyl groups excluding tert-OH is 1. The van der Waals surface area contributed by atoms with Crippen molar-refractivity contribution in [1.82, 2.24) is 4.90 Å². The average Bonchev–Trinajstić information content (AvgIpc) is 3.16. The van der Waals surface area contributed by atoms with E-state index in [4.69, 9.17) is 4.42 Å². The van der Waals surface area contributed by atoms with Crippen molar-refractivity contribution < 1.29 is 9.52 Å². The molecule has 3 rings (SSSR count). The highest BCUT2D eigenvalue weighted by molar-refractivity contribution is 5.51. The third kappa shape index (κ3) is 5.35. The topological polar surface area (TPSA) is 48.6 Å². The number of para-hydroxylation sites is 1. The number of nitrogens with zero attached hydrogens (tertiary/aromatic N) is 1. The lowest BCUT2D eigenvalue weighted by Gasteiger charge is -2.31. The summed E-state index contributed by atoms with van der Waals surface area (Å²) in [7, 11) is 0. The largest absolute Gasteiger partial charge is 0.469 e. The van der Waals surface area contributed by atoms with E-state index in [1.807, 2.05) is 12.1 Å². The molecule has 0 aliphatic carbocycles. The number of benzene rings is 1. The highest BCUT2D eigenvalue weighted by atomic mass is 16.3. The quantitative estimate of drug-likeness (QED) is 0.763. The number of likely N-dealkylation sites (tertiary alicyclic amines) is 1. The fourth-order valence-electron chi connectivity index (χ4n) is 3.52. The van der Waals surface area contributed by atoms with E-state index in [9.17, 15) is 5.11 Å². The van der Waals surface area contributed by atoms with Crippen LogP contribution >= 0.6 is 0 Å². The minimum Gasteiger partial charge on any atom is -0.469 e. The van der Waals surface area contributed by atoms with Crippen molar-refractivity contribution in [2.24, 2.45) is 5.92 Å². The molecule has 0 radical (unpaired) electrons. The first kappa shape index (κ1) is 18.0. The van der Waals surface area contributed by atoms with Crippen LogP contribution in [0, 0.1) is 5.92 Å². The van der Waals surface area contributed by atoms with Gasteiger partial charge in [-0.05, 0) is 69.0 Å². The molecule has 2 heterocycles. The molecule has 1 unspecified atom stereocenters. The number of aryl methyl sites for hydroxylation is 1. The van der Waals surface area contributed by atoms with Crippen LogP contribution in [0.1, 0.15) is 37.5 Å². The van der Waals surface area contributed by atoms with Crippen LogP contribution in [0.2, 0.25) is 0 Å². The monoisotopic (exact) mass is 342 g/mol. The van der Waals surface area contributed by atoms with Gasteiger partial charge in [-0.1, -0.05) is 18.2 Å². The minimum atomic E-state index is 0.333. The van der Waals surface area contributed by atoms with Crippen molar-refractivity contribution in [2.45, 2.75) is 45.2 Å². The predicted molar refractivity (Wildman–Crippen MR) is 102 cm³/mol. The maximum Gasteiger partial charge on any atom is 0.103 e. The second kappa shape index (κ2) is 9.07. The molecule has 1 aromatic heterocycles. The van der Waals surface area contributed by atoms with Gasteiger partial charge >= 0.3 is 0 Å². The van der Waals surface area contributed by atoms with Crippen molar-refractivity contribution in [2.75, 3.05) is 25.0 Å². The Balaban J connectivity index is 1.53. The molecule has 0 spiro atoms. The maximum atomic E-state index is 9.29. The Kier molecular flexibility index (Phi) is 6.54. The van der Waals surface area contributed by atoms with E-state index < -0.39 is 0 Å². The Morgan fingerprint density at radius 2 is 2.00 bits per heavy atom. The molecule has 1 aliphatic heterocycles. The van der Waals surface area contributed by atoms with E-state index >= 15 is 0 Å². The van der Waals surface area contributed by atoms with Crippen LogP contribution in [-0.2, 0) is 13.0 Å². The normalized spacial score (nSPS) is 17.5. The highest BCUT2D eigenvalue weighted by Gasteiger charge is 2.19. The second-order valence-electron chi connectivity index (χ2n) is 7.22. The summed E-state index contributed by atoms with van der Waals surface area (Å²) in [5.74, 6) is 1.54. The second-order valence-corrected chi connectivity index (χ2v) is 7.22. The molecule has 0 bridgehead atoms. The molecule has 136 valence electrons. The molecule has 0 saturated carbocycles. The molecule has 0 amide bonds. The zero-order valence-electron chi connectivity index (χ0n) is 15.2. The van der Waals surface area contributed by atoms with Gasteiger partial charge in [-0.2, -0.15) is 0 Å². The molecule has 2 N–H and O–H groups in total. The lowest BCUT2D eigenvalue weighted by atomic mass is 9.97. The predicted octanol–water partition coefficient (Wildman–Crippen LogP) is 3.92. The van der Waals surface area contributed by atoms with E-state index in [2.05, 4.69) is 41.4 Å². The maximum absolute atomic E-state index is 9.29. The molecule has 1 aliphatic rings. The van der Waals surface area contributed by atoms with E-state index in [-0.39, 0.29) is 0 Å². The molecule has 4 nitrogen and oxygen atoms in total. The number of anilines is 1. The Morgan fingerprint density at radius 3 is 2.72 bits per heavy atom. The Morgan fingerprint density at radius 1 is 1.20 bits per heavy atom. The van der Waals surface area contributed by atoms with Crippen molar-refractivity contribution in [1.29, 1.82) is 0 Å². The first-order valence-electron chi connectivity index (χ1n) is 9.44. The molecule has 1 fully saturated rings. The molecule has 2 aromatic rings. The zero-order chi connectivity index (χ0) is 17.5. The zero-order valence-corrected chi connectivity index (χ0v) is 15.2. The first-order chi connectivity index (χ1) is 12.2. The minimum absolute atomic E-state index is 0.333. The number of nitrogens with one attached hydrogen (secondary N) is 1. The first-order valence-corrected chi connectivity index (χ1v) is 9.44. The van der Waals surface area contributed by atoms with Crippen LogP contribution in [0.25, 0.3) is 0 Å². The van der Waals surface area contributed by atoms with Gasteiger partial charge in [-0.15, -0.1) is 0 Å². The van der Waals surface area contributed by atoms with Gasteiger partial charge in [0.05, 0.1) is 6.26 Å². The van der Waals surface area contributed by atoms with Crippen molar-refractivity contribution in [3.8, 4) is 0 Å². The summed E-state index contributed by atoms with van der Waals surface area (Å²) in [4.78, 5) is 2.50. The van der Waals surface area contributed by atoms with E-state index in [1.165, 1.54) is 11.3 Å². The van der Waals surface area contributed by atoms with Crippen molar-refractivity contribution in [3.63, 3.8) is 0 Å². The van der Waals surface area contributed by atoms with Crippen molar-refractivity contribution >= 4 is 5.69 Å². The smallest absolute Gasteiger partial charge is 0.103 e. The number of hydrogen-bond acceptors (Lipinski definition) is 4. The van der Waals surface area contributed by atoms with Crippen LogP contribution in [0.15, 0.2) is 47.1 Å². The number of piperidine rings is 1. The molecule has 1 atom stereocenters. The van der Waals surface area contributed by atoms with Crippen LogP contribution in [0.4, 0.5) is 5.69 Å². The van der Waals surface area contributed by atoms with E-state index in [1.54, 1.807) is 6.26 Å². The summed E-state index contributed by atoms with van der Waals surface area (Å²) in [6.45, 7) is 5.69. The van der Waals surface area contributed by atoms with E-state index in [0.29, 0.717) is 18.6 Å². The summed E-state index contributed by atoms with van der Waals surface area (Å²) in [5, 5.41) is 13.0. The summed E-state index contributed by atoms with van der Waals surface area (Å²) in [6, 6.07) is 13.0. The number of hydrogen-bond donors (Lipinski definition) is 2. The van der Waals surface area contributed by atoms with Crippen LogP contribution in [0.3, 0.4) is 0 Å². The SMILES string of the molecule is CC(CCc1ccco1)Nc1ccccc1CN1CCC(CO)CC1. The Hall–Kier alpha value is -1.78. The van der Waals surface area contributed by atoms with Crippen LogP contribution < -0.4 is 5.32 Å². The van der Waals surface area contributed by atoms with Gasteiger partial charge < -0.3 is 14.8 Å². The molecule has 1 aromatic carbocycles. The van der Waals surface area contributed by atoms with Gasteiger partial charge in [-0.25, -0.2) is 0 Å². The summed E-state index contributed by atoms with van der Waals surface area (Å²) in [6.07, 6.45) is 5.95. The highest BCUT2D eigenvalue weighted by Crippen LogP contribution is 2.23. The summed E-state index contributed by atoms with van der Waals surface area (Å²) in [5.41, 5.74) is 2.59. The summed E-state index contributed by atoms with van der Waals surface area (Å²) < 4.78 is 5.42. The van der Waals surface area contributed by atoms with Gasteiger partial charge in [0, 0.05) is 31.3 Å². The lowest BCUT2D eigenvalue weighted by Crippen LogP contribution is -2.34. The Labute approximate surface area is 150 Å². The molecule has 4 heteroatoms. The molecule has 1 saturated heterocycles. The lowest BCUT2D eigenvalue weighted by molar-refractivity contribution is 0.127. The molecular formula is C21H30N2O2. The fraction of sp³-hybridized carbons (Fsp3) is 0.524. The van der Waals surface area contributed by atoms with Crippen LogP contribution in [0.5, 0.6) is 0 Å². The number of furan rings is 1. The summed E-state index contributed by atoms with van der Waals surface area (Å²) >= 11 is 0. The van der Waals surface area contributed by atoms with Gasteiger partial charge in [0.2, 0.25) is 0 Å². The number of rotatable bonds is 8.